The first kappa shape index (κ1) is 31.9. The second-order valence-electron chi connectivity index (χ2n) is 6.11. The Morgan fingerprint density at radius 1 is 0.621 bits per heavy atom. The van der Waals surface area contributed by atoms with E-state index in [1.54, 1.807) is 0 Å². The van der Waals surface area contributed by atoms with Crippen LogP contribution in [0.4, 0.5) is 0 Å². The average Bonchev–Trinajstić information content (AvgIpc) is 2.43. The second-order valence-corrected chi connectivity index (χ2v) is 7.10. The third-order valence-corrected chi connectivity index (χ3v) is 3.64. The first-order valence-electron chi connectivity index (χ1n) is 8.64. The Bertz CT molecular complexity index is 471. The van der Waals surface area contributed by atoms with Crippen LogP contribution in [0.5, 0.6) is 0 Å². The van der Waals surface area contributed by atoms with Crippen LogP contribution in [0.25, 0.3) is 0 Å². The van der Waals surface area contributed by atoms with Crippen LogP contribution in [-0.2, 0) is 64.8 Å². The van der Waals surface area contributed by atoms with Gasteiger partial charge in [0.1, 0.15) is 24.4 Å². The minimum atomic E-state index is -0.792. The molecule has 0 aliphatic heterocycles. The van der Waals surface area contributed by atoms with Gasteiger partial charge in [-0.25, -0.2) is 0 Å². The summed E-state index contributed by atoms with van der Waals surface area (Å²) >= 11 is -0.574. The fraction of sp³-hybridized carbons (Fsp3) is 0.667. The molecule has 0 heterocycles. The van der Waals surface area contributed by atoms with Crippen molar-refractivity contribution in [3.63, 3.8) is 0 Å². The molecule has 0 aliphatic rings. The van der Waals surface area contributed by atoms with Crippen molar-refractivity contribution in [1.82, 2.24) is 0 Å². The van der Waals surface area contributed by atoms with E-state index in [0.29, 0.717) is 12.2 Å². The van der Waals surface area contributed by atoms with E-state index in [0.717, 1.165) is 13.8 Å². The molecule has 0 rings (SSSR count). The van der Waals surface area contributed by atoms with Crippen LogP contribution in [0.15, 0.2) is 0 Å². The van der Waals surface area contributed by atoms with E-state index in [4.69, 9.17) is 6.64 Å². The predicted octanol–water partition coefficient (Wildman–Crippen LogP) is 1.86. The van der Waals surface area contributed by atoms with Crippen molar-refractivity contribution < 1.29 is 64.8 Å². The van der Waals surface area contributed by atoms with E-state index < -0.39 is 43.8 Å². The number of rotatable bonds is 8. The molecule has 0 atom stereocenters. The summed E-state index contributed by atoms with van der Waals surface area (Å²) in [4.78, 5) is 61.4. The van der Waals surface area contributed by atoms with Crippen molar-refractivity contribution >= 4 is 35.4 Å². The Labute approximate surface area is 180 Å². The van der Waals surface area contributed by atoms with Crippen molar-refractivity contribution in [2.45, 2.75) is 80.4 Å². The SMILES string of the molecule is CC(=O)CC(=O)OC(C)=O.CC(=O)CC(=O)OC(C)=O.CC(C)[O][Ti][O]C(C)C. The Kier molecular flexibility index (Phi) is 21.5. The molecule has 0 fully saturated rings. The van der Waals surface area contributed by atoms with Crippen LogP contribution >= 0.6 is 0 Å². The second kappa shape index (κ2) is 19.6. The van der Waals surface area contributed by atoms with Crippen LogP contribution in [-0.4, -0.2) is 47.7 Å². The van der Waals surface area contributed by atoms with Crippen LogP contribution < -0.4 is 0 Å². The van der Waals surface area contributed by atoms with E-state index in [-0.39, 0.29) is 24.4 Å². The van der Waals surface area contributed by atoms with E-state index in [2.05, 4.69) is 9.47 Å². The molecule has 0 aromatic rings. The molecule has 0 aromatic carbocycles. The van der Waals surface area contributed by atoms with Crippen LogP contribution in [0.1, 0.15) is 68.2 Å². The number of ether oxygens (including phenoxy) is 2. The Balaban J connectivity index is -0.000000350. The fourth-order valence-electron chi connectivity index (χ4n) is 1.02. The van der Waals surface area contributed by atoms with Gasteiger partial charge in [-0.05, 0) is 13.8 Å². The number of carbonyl (C=O) groups excluding carboxylic acids is 6. The van der Waals surface area contributed by atoms with Gasteiger partial charge in [0.05, 0.1) is 0 Å². The molecule has 0 spiro atoms. The summed E-state index contributed by atoms with van der Waals surface area (Å²) in [5, 5.41) is 0. The van der Waals surface area contributed by atoms with Crippen LogP contribution in [0, 0.1) is 0 Å². The molecule has 0 radical (unpaired) electrons. The zero-order valence-electron chi connectivity index (χ0n) is 18.2. The number of ketones is 2. The van der Waals surface area contributed by atoms with E-state index in [9.17, 15) is 28.8 Å². The van der Waals surface area contributed by atoms with Gasteiger partial charge in [0.25, 0.3) is 0 Å². The molecule has 11 heteroatoms. The molecular formula is C18H30O10Ti. The monoisotopic (exact) mass is 454 g/mol. The molecule has 0 aromatic heterocycles. The van der Waals surface area contributed by atoms with Gasteiger partial charge in [0.15, 0.2) is 0 Å². The molecule has 0 aliphatic carbocycles. The molecule has 0 N–H and O–H groups in total. The summed E-state index contributed by atoms with van der Waals surface area (Å²) in [6.07, 6.45) is -0.0217. The molecule has 10 nitrogen and oxygen atoms in total. The van der Waals surface area contributed by atoms with Gasteiger partial charge in [0.2, 0.25) is 0 Å². The first-order chi connectivity index (χ1) is 13.2. The maximum absolute atomic E-state index is 10.4. The third-order valence-electron chi connectivity index (χ3n) is 1.87. The summed E-state index contributed by atoms with van der Waals surface area (Å²) in [6.45, 7) is 12.8. The topological polar surface area (TPSA) is 139 Å². The standard InChI is InChI=1S/2C6H8O4.2C3H7O.Ti/c2*1-4(7)3-6(9)10-5(2)8;2*1-3(2)4;/h2*3H2,1-2H3;2*3H,1-2H3;/q;;2*-1;+2. The van der Waals surface area contributed by atoms with Gasteiger partial charge < -0.3 is 9.47 Å². The summed E-state index contributed by atoms with van der Waals surface area (Å²) in [5.74, 6) is -3.59. The number of hydrogen-bond acceptors (Lipinski definition) is 10. The first-order valence-corrected chi connectivity index (χ1v) is 9.92. The number of Topliss-reactive ketones (excluding diaryl/α,β-unsaturated/α-hetero) is 2. The Morgan fingerprint density at radius 3 is 1.07 bits per heavy atom. The Hall–Kier alpha value is -1.75. The zero-order chi connectivity index (χ0) is 23.6. The average molecular weight is 454 g/mol. The van der Waals surface area contributed by atoms with Gasteiger partial charge in [-0.15, -0.1) is 0 Å². The van der Waals surface area contributed by atoms with Crippen molar-refractivity contribution in [2.24, 2.45) is 0 Å². The maximum atomic E-state index is 10.4. The molecular weight excluding hydrogens is 424 g/mol. The summed E-state index contributed by atoms with van der Waals surface area (Å²) in [5.41, 5.74) is 0. The summed E-state index contributed by atoms with van der Waals surface area (Å²) in [6, 6.07) is 0. The van der Waals surface area contributed by atoms with Crippen molar-refractivity contribution in [3.8, 4) is 0 Å². The molecule has 0 unspecified atom stereocenters. The number of carbonyl (C=O) groups is 6. The normalized spacial score (nSPS) is 9.31. The predicted molar refractivity (Wildman–Crippen MR) is 96.6 cm³/mol. The third kappa shape index (κ3) is 37.6. The van der Waals surface area contributed by atoms with Crippen LogP contribution in [0.2, 0.25) is 0 Å². The molecule has 0 saturated heterocycles. The van der Waals surface area contributed by atoms with E-state index in [1.807, 2.05) is 27.7 Å². The quantitative estimate of drug-likeness (QED) is 0.303. The molecule has 0 saturated carbocycles. The van der Waals surface area contributed by atoms with Gasteiger partial charge in [-0.3, -0.25) is 28.8 Å². The molecule has 166 valence electrons. The molecule has 29 heavy (non-hydrogen) atoms. The van der Waals surface area contributed by atoms with Crippen LogP contribution in [0.3, 0.4) is 0 Å². The molecule has 0 amide bonds. The molecule has 0 bridgehead atoms. The number of hydrogen-bond donors (Lipinski definition) is 0. The van der Waals surface area contributed by atoms with Gasteiger partial charge in [0, 0.05) is 13.8 Å². The fourth-order valence-corrected chi connectivity index (χ4v) is 1.71. The van der Waals surface area contributed by atoms with Gasteiger partial charge in [-0.2, -0.15) is 0 Å². The Morgan fingerprint density at radius 2 is 0.897 bits per heavy atom. The van der Waals surface area contributed by atoms with Crippen molar-refractivity contribution in [2.75, 3.05) is 0 Å². The van der Waals surface area contributed by atoms with Crippen molar-refractivity contribution in [1.29, 1.82) is 0 Å². The number of esters is 4. The summed E-state index contributed by atoms with van der Waals surface area (Å²) < 4.78 is 18.6. The van der Waals surface area contributed by atoms with Gasteiger partial charge >= 0.3 is 90.3 Å². The van der Waals surface area contributed by atoms with Crippen molar-refractivity contribution in [3.05, 3.63) is 0 Å². The van der Waals surface area contributed by atoms with E-state index >= 15 is 0 Å². The van der Waals surface area contributed by atoms with E-state index in [1.165, 1.54) is 13.8 Å². The summed E-state index contributed by atoms with van der Waals surface area (Å²) in [7, 11) is 0. The minimum absolute atomic E-state index is 0.314. The zero-order valence-corrected chi connectivity index (χ0v) is 19.7. The van der Waals surface area contributed by atoms with Gasteiger partial charge in [-0.1, -0.05) is 0 Å².